The highest BCUT2D eigenvalue weighted by Gasteiger charge is 2.09. The molecule has 0 spiro atoms. The quantitative estimate of drug-likeness (QED) is 0.591. The molecule has 2 rings (SSSR count). The first-order valence-electron chi connectivity index (χ1n) is 8.74. The van der Waals surface area contributed by atoms with Crippen LogP contribution in [0.1, 0.15) is 22.8 Å². The number of hydrogen-bond donors (Lipinski definition) is 3. The van der Waals surface area contributed by atoms with Gasteiger partial charge in [-0.1, -0.05) is 17.7 Å². The maximum absolute atomic E-state index is 12.0. The molecular weight excluding hydrogens is 378 g/mol. The molecule has 0 heterocycles. The van der Waals surface area contributed by atoms with Crippen LogP contribution in [0.3, 0.4) is 0 Å². The second kappa shape index (κ2) is 11.0. The molecule has 0 aliphatic carbocycles. The maximum atomic E-state index is 12.0. The van der Waals surface area contributed by atoms with E-state index in [4.69, 9.17) is 4.74 Å². The van der Waals surface area contributed by atoms with Crippen LogP contribution in [0.5, 0.6) is 5.75 Å². The van der Waals surface area contributed by atoms with Gasteiger partial charge in [-0.3, -0.25) is 25.2 Å². The Kier molecular flexibility index (Phi) is 8.36. The van der Waals surface area contributed by atoms with Gasteiger partial charge in [0.2, 0.25) is 11.8 Å². The molecular formula is C20H23N3O4S. The number of amides is 3. The highest BCUT2D eigenvalue weighted by atomic mass is 32.2. The van der Waals surface area contributed by atoms with E-state index in [0.717, 1.165) is 17.3 Å². The fourth-order valence-electron chi connectivity index (χ4n) is 2.17. The number of ether oxygens (including phenoxy) is 1. The molecule has 0 radical (unpaired) electrons. The van der Waals surface area contributed by atoms with E-state index in [-0.39, 0.29) is 17.4 Å². The second-order valence-corrected chi connectivity index (χ2v) is 6.85. The van der Waals surface area contributed by atoms with Crippen molar-refractivity contribution < 1.29 is 19.1 Å². The Morgan fingerprint density at radius 2 is 1.54 bits per heavy atom. The van der Waals surface area contributed by atoms with Crippen LogP contribution in [-0.4, -0.2) is 35.8 Å². The number of hydrogen-bond acceptors (Lipinski definition) is 5. The first-order chi connectivity index (χ1) is 13.5. The van der Waals surface area contributed by atoms with Gasteiger partial charge in [-0.2, -0.15) is 0 Å². The van der Waals surface area contributed by atoms with E-state index in [2.05, 4.69) is 16.2 Å². The van der Waals surface area contributed by atoms with Crippen molar-refractivity contribution in [3.05, 3.63) is 59.7 Å². The molecule has 0 unspecified atom stereocenters. The summed E-state index contributed by atoms with van der Waals surface area (Å²) in [6.45, 7) is 4.39. The topological polar surface area (TPSA) is 96.5 Å². The second-order valence-electron chi connectivity index (χ2n) is 5.87. The normalized spacial score (nSPS) is 10.1. The van der Waals surface area contributed by atoms with Gasteiger partial charge in [-0.05, 0) is 50.2 Å². The largest absolute Gasteiger partial charge is 0.494 e. The Labute approximate surface area is 168 Å². The summed E-state index contributed by atoms with van der Waals surface area (Å²) >= 11 is 1.15. The summed E-state index contributed by atoms with van der Waals surface area (Å²) in [5, 5.41) is 2.76. The van der Waals surface area contributed by atoms with E-state index in [9.17, 15) is 14.4 Å². The number of carbonyl (C=O) groups is 3. The minimum absolute atomic E-state index is 0.0465. The van der Waals surface area contributed by atoms with Crippen LogP contribution in [0, 0.1) is 6.92 Å². The molecule has 0 aliphatic rings. The van der Waals surface area contributed by atoms with E-state index >= 15 is 0 Å². The smallest absolute Gasteiger partial charge is 0.269 e. The van der Waals surface area contributed by atoms with Crippen LogP contribution in [0.4, 0.5) is 5.69 Å². The van der Waals surface area contributed by atoms with Crippen molar-refractivity contribution in [2.45, 2.75) is 13.8 Å². The molecule has 3 N–H and O–H groups in total. The fraction of sp³-hybridized carbons (Fsp3) is 0.250. The number of hydrazine groups is 1. The van der Waals surface area contributed by atoms with Crippen LogP contribution in [-0.2, 0) is 9.59 Å². The third-order valence-electron chi connectivity index (χ3n) is 3.54. The summed E-state index contributed by atoms with van der Waals surface area (Å²) in [4.78, 5) is 35.6. The predicted octanol–water partition coefficient (Wildman–Crippen LogP) is 2.53. The summed E-state index contributed by atoms with van der Waals surface area (Å²) < 4.78 is 5.31. The lowest BCUT2D eigenvalue weighted by Gasteiger charge is -2.08. The first kappa shape index (κ1) is 21.3. The van der Waals surface area contributed by atoms with Crippen molar-refractivity contribution in [3.63, 3.8) is 0 Å². The molecule has 3 amide bonds. The van der Waals surface area contributed by atoms with Crippen LogP contribution in [0.2, 0.25) is 0 Å². The van der Waals surface area contributed by atoms with Crippen LogP contribution >= 0.6 is 11.8 Å². The summed E-state index contributed by atoms with van der Waals surface area (Å²) in [6, 6.07) is 14.0. The van der Waals surface area contributed by atoms with Crippen LogP contribution < -0.4 is 20.9 Å². The molecule has 0 aromatic heterocycles. The number of aryl methyl sites for hydroxylation is 1. The number of carbonyl (C=O) groups excluding carboxylic acids is 3. The van der Waals surface area contributed by atoms with E-state index in [1.54, 1.807) is 24.3 Å². The summed E-state index contributed by atoms with van der Waals surface area (Å²) in [5.41, 5.74) is 6.88. The first-order valence-corrected chi connectivity index (χ1v) is 9.89. The third-order valence-corrected chi connectivity index (χ3v) is 4.48. The molecule has 0 atom stereocenters. The van der Waals surface area contributed by atoms with Gasteiger partial charge in [0.15, 0.2) is 0 Å². The number of benzene rings is 2. The van der Waals surface area contributed by atoms with Crippen molar-refractivity contribution >= 4 is 35.2 Å². The molecule has 0 saturated heterocycles. The molecule has 148 valence electrons. The molecule has 28 heavy (non-hydrogen) atoms. The van der Waals surface area contributed by atoms with Gasteiger partial charge in [-0.15, -0.1) is 11.8 Å². The summed E-state index contributed by atoms with van der Waals surface area (Å²) in [7, 11) is 0. The molecule has 7 nitrogen and oxygen atoms in total. The maximum Gasteiger partial charge on any atom is 0.269 e. The molecule has 2 aromatic carbocycles. The highest BCUT2D eigenvalue weighted by molar-refractivity contribution is 8.00. The number of nitrogens with one attached hydrogen (secondary N) is 3. The number of anilines is 1. The lowest BCUT2D eigenvalue weighted by Crippen LogP contribution is -2.42. The molecule has 2 aromatic rings. The monoisotopic (exact) mass is 401 g/mol. The predicted molar refractivity (Wildman–Crippen MR) is 110 cm³/mol. The fourth-order valence-corrected chi connectivity index (χ4v) is 2.79. The van der Waals surface area contributed by atoms with E-state index in [1.807, 2.05) is 38.1 Å². The van der Waals surface area contributed by atoms with Gasteiger partial charge >= 0.3 is 0 Å². The van der Waals surface area contributed by atoms with Crippen LogP contribution in [0.15, 0.2) is 48.5 Å². The minimum Gasteiger partial charge on any atom is -0.494 e. The van der Waals surface area contributed by atoms with Gasteiger partial charge in [-0.25, -0.2) is 0 Å². The highest BCUT2D eigenvalue weighted by Crippen LogP contribution is 2.12. The van der Waals surface area contributed by atoms with Crippen molar-refractivity contribution in [2.75, 3.05) is 23.4 Å². The Balaban J connectivity index is 1.65. The lowest BCUT2D eigenvalue weighted by atomic mass is 10.2. The number of thioether (sulfide) groups is 1. The zero-order chi connectivity index (χ0) is 20.4. The minimum atomic E-state index is -0.432. The SMILES string of the molecule is CCOc1ccc(C(=O)NNC(=O)CSCC(=O)Nc2ccc(C)cc2)cc1. The molecule has 0 fully saturated rings. The third kappa shape index (κ3) is 7.32. The van der Waals surface area contributed by atoms with E-state index < -0.39 is 11.8 Å². The summed E-state index contributed by atoms with van der Waals surface area (Å²) in [6.07, 6.45) is 0. The Hall–Kier alpha value is -3.00. The molecule has 8 heteroatoms. The van der Waals surface area contributed by atoms with Crippen LogP contribution in [0.25, 0.3) is 0 Å². The van der Waals surface area contributed by atoms with Gasteiger partial charge in [0.05, 0.1) is 18.1 Å². The average molecular weight is 401 g/mol. The Bertz CT molecular complexity index is 807. The zero-order valence-corrected chi connectivity index (χ0v) is 16.6. The summed E-state index contributed by atoms with van der Waals surface area (Å²) in [5.74, 6) is -0.173. The lowest BCUT2D eigenvalue weighted by molar-refractivity contribution is -0.119. The van der Waals surface area contributed by atoms with Crippen molar-refractivity contribution in [1.29, 1.82) is 0 Å². The van der Waals surface area contributed by atoms with E-state index in [1.165, 1.54) is 0 Å². The Morgan fingerprint density at radius 1 is 0.893 bits per heavy atom. The van der Waals surface area contributed by atoms with Gasteiger partial charge < -0.3 is 10.1 Å². The standard InChI is InChI=1S/C20H23N3O4S/c1-3-27-17-10-6-15(7-11-17)20(26)23-22-19(25)13-28-12-18(24)21-16-8-4-14(2)5-9-16/h4-11H,3,12-13H2,1-2H3,(H,21,24)(H,22,25)(H,23,26). The Morgan fingerprint density at radius 3 is 2.18 bits per heavy atom. The van der Waals surface area contributed by atoms with Crippen molar-refractivity contribution in [3.8, 4) is 5.75 Å². The van der Waals surface area contributed by atoms with Gasteiger partial charge in [0, 0.05) is 11.3 Å². The van der Waals surface area contributed by atoms with Gasteiger partial charge in [0.1, 0.15) is 5.75 Å². The molecule has 0 bridgehead atoms. The van der Waals surface area contributed by atoms with E-state index in [0.29, 0.717) is 23.6 Å². The molecule has 0 saturated carbocycles. The number of rotatable bonds is 8. The average Bonchev–Trinajstić information content (AvgIpc) is 2.69. The zero-order valence-electron chi connectivity index (χ0n) is 15.8. The van der Waals surface area contributed by atoms with Crippen molar-refractivity contribution in [2.24, 2.45) is 0 Å². The molecule has 0 aliphatic heterocycles. The van der Waals surface area contributed by atoms with Crippen molar-refractivity contribution in [1.82, 2.24) is 10.9 Å². The van der Waals surface area contributed by atoms with Gasteiger partial charge in [0.25, 0.3) is 5.91 Å².